The zero-order chi connectivity index (χ0) is 14.5. The number of nitrogens with one attached hydrogen (secondary N) is 1. The quantitative estimate of drug-likeness (QED) is 0.880. The molecule has 0 aliphatic rings. The molecular formula is C15H15FN2O2. The second-order valence-corrected chi connectivity index (χ2v) is 4.26. The zero-order valence-corrected chi connectivity index (χ0v) is 11.0. The number of hydrogen-bond donors (Lipinski definition) is 2. The van der Waals surface area contributed by atoms with Gasteiger partial charge < -0.3 is 15.8 Å². The fraction of sp³-hybridized carbons (Fsp3) is 0.133. The molecule has 0 aliphatic carbocycles. The van der Waals surface area contributed by atoms with E-state index in [4.69, 9.17) is 10.5 Å². The number of anilines is 1. The van der Waals surface area contributed by atoms with Gasteiger partial charge in [0, 0.05) is 12.2 Å². The van der Waals surface area contributed by atoms with Crippen LogP contribution in [0.2, 0.25) is 0 Å². The van der Waals surface area contributed by atoms with Crippen molar-refractivity contribution in [2.24, 2.45) is 5.73 Å². The predicted molar refractivity (Wildman–Crippen MR) is 75.2 cm³/mol. The van der Waals surface area contributed by atoms with E-state index in [1.165, 1.54) is 12.1 Å². The molecule has 0 radical (unpaired) electrons. The van der Waals surface area contributed by atoms with Gasteiger partial charge in [-0.15, -0.1) is 0 Å². The number of methoxy groups -OCH3 is 1. The fourth-order valence-corrected chi connectivity index (χ4v) is 1.77. The van der Waals surface area contributed by atoms with Crippen LogP contribution in [0.15, 0.2) is 42.5 Å². The van der Waals surface area contributed by atoms with E-state index in [2.05, 4.69) is 5.32 Å². The third-order valence-electron chi connectivity index (χ3n) is 2.89. The number of halogens is 1. The normalized spacial score (nSPS) is 10.1. The van der Waals surface area contributed by atoms with Crippen LogP contribution in [-0.4, -0.2) is 13.0 Å². The van der Waals surface area contributed by atoms with Crippen LogP contribution in [-0.2, 0) is 6.54 Å². The van der Waals surface area contributed by atoms with Gasteiger partial charge in [0.15, 0.2) is 0 Å². The molecule has 2 rings (SSSR count). The summed E-state index contributed by atoms with van der Waals surface area (Å²) in [7, 11) is 1.61. The molecule has 104 valence electrons. The van der Waals surface area contributed by atoms with Crippen LogP contribution in [0.1, 0.15) is 15.9 Å². The van der Waals surface area contributed by atoms with Crippen LogP contribution in [0.25, 0.3) is 0 Å². The molecule has 0 saturated carbocycles. The first-order valence-corrected chi connectivity index (χ1v) is 6.06. The number of nitrogens with two attached hydrogens (primary N) is 1. The van der Waals surface area contributed by atoms with Crippen molar-refractivity contribution in [2.75, 3.05) is 12.4 Å². The van der Waals surface area contributed by atoms with Crippen LogP contribution < -0.4 is 15.8 Å². The highest BCUT2D eigenvalue weighted by molar-refractivity contribution is 5.94. The van der Waals surface area contributed by atoms with Crippen molar-refractivity contribution in [1.82, 2.24) is 0 Å². The van der Waals surface area contributed by atoms with E-state index in [-0.39, 0.29) is 5.56 Å². The lowest BCUT2D eigenvalue weighted by molar-refractivity contribution is 0.0996. The summed E-state index contributed by atoms with van der Waals surface area (Å²) in [6, 6.07) is 11.7. The minimum absolute atomic E-state index is 0.121. The minimum Gasteiger partial charge on any atom is -0.497 e. The van der Waals surface area contributed by atoms with E-state index in [9.17, 15) is 9.18 Å². The van der Waals surface area contributed by atoms with Crippen LogP contribution in [0.5, 0.6) is 5.75 Å². The van der Waals surface area contributed by atoms with Crippen LogP contribution in [0, 0.1) is 5.82 Å². The van der Waals surface area contributed by atoms with Crippen molar-refractivity contribution in [1.29, 1.82) is 0 Å². The molecule has 0 aromatic heterocycles. The topological polar surface area (TPSA) is 64.3 Å². The van der Waals surface area contributed by atoms with Gasteiger partial charge in [0.05, 0.1) is 12.7 Å². The average molecular weight is 274 g/mol. The molecule has 3 N–H and O–H groups in total. The Labute approximate surface area is 116 Å². The summed E-state index contributed by atoms with van der Waals surface area (Å²) in [5, 5.41) is 3.11. The van der Waals surface area contributed by atoms with Crippen LogP contribution in [0.3, 0.4) is 0 Å². The van der Waals surface area contributed by atoms with Gasteiger partial charge in [-0.3, -0.25) is 4.79 Å². The van der Waals surface area contributed by atoms with Crippen molar-refractivity contribution in [3.8, 4) is 5.75 Å². The first kappa shape index (κ1) is 13.9. The number of benzene rings is 2. The molecule has 0 fully saturated rings. The summed E-state index contributed by atoms with van der Waals surface area (Å²) < 4.78 is 18.4. The second-order valence-electron chi connectivity index (χ2n) is 4.26. The number of carbonyl (C=O) groups excluding carboxylic acids is 1. The third kappa shape index (κ3) is 3.26. The fourth-order valence-electron chi connectivity index (χ4n) is 1.77. The molecule has 20 heavy (non-hydrogen) atoms. The molecule has 0 saturated heterocycles. The lowest BCUT2D eigenvalue weighted by Gasteiger charge is -2.09. The Hall–Kier alpha value is -2.56. The van der Waals surface area contributed by atoms with Gasteiger partial charge in [0.25, 0.3) is 5.91 Å². The number of amides is 1. The van der Waals surface area contributed by atoms with Gasteiger partial charge in [-0.25, -0.2) is 4.39 Å². The maximum atomic E-state index is 13.3. The van der Waals surface area contributed by atoms with Crippen molar-refractivity contribution in [3.63, 3.8) is 0 Å². The molecule has 0 heterocycles. The van der Waals surface area contributed by atoms with Gasteiger partial charge in [-0.1, -0.05) is 12.1 Å². The van der Waals surface area contributed by atoms with Gasteiger partial charge in [-0.2, -0.15) is 0 Å². The van der Waals surface area contributed by atoms with Crippen molar-refractivity contribution < 1.29 is 13.9 Å². The maximum absolute atomic E-state index is 13.3. The summed E-state index contributed by atoms with van der Waals surface area (Å²) in [5.74, 6) is -0.616. The summed E-state index contributed by atoms with van der Waals surface area (Å²) in [5.41, 5.74) is 6.65. The van der Waals surface area contributed by atoms with Gasteiger partial charge >= 0.3 is 0 Å². The van der Waals surface area contributed by atoms with Crippen molar-refractivity contribution in [3.05, 3.63) is 59.4 Å². The number of rotatable bonds is 5. The molecule has 2 aromatic rings. The largest absolute Gasteiger partial charge is 0.497 e. The SMILES string of the molecule is COc1ccc(CNc2ccc(F)c(C(N)=O)c2)cc1. The number of ether oxygens (including phenoxy) is 1. The molecule has 0 unspecified atom stereocenters. The predicted octanol–water partition coefficient (Wildman–Crippen LogP) is 2.55. The highest BCUT2D eigenvalue weighted by Gasteiger charge is 2.08. The van der Waals surface area contributed by atoms with Crippen molar-refractivity contribution in [2.45, 2.75) is 6.54 Å². The van der Waals surface area contributed by atoms with Gasteiger partial charge in [0.2, 0.25) is 0 Å². The van der Waals surface area contributed by atoms with E-state index < -0.39 is 11.7 Å². The lowest BCUT2D eigenvalue weighted by atomic mass is 10.1. The molecule has 0 atom stereocenters. The minimum atomic E-state index is -0.782. The molecule has 4 nitrogen and oxygen atoms in total. The van der Waals surface area contributed by atoms with Gasteiger partial charge in [0.1, 0.15) is 11.6 Å². The van der Waals surface area contributed by atoms with Crippen molar-refractivity contribution >= 4 is 11.6 Å². The van der Waals surface area contributed by atoms with E-state index >= 15 is 0 Å². The van der Waals surface area contributed by atoms with E-state index in [1.807, 2.05) is 24.3 Å². The van der Waals surface area contributed by atoms with Crippen LogP contribution >= 0.6 is 0 Å². The monoisotopic (exact) mass is 274 g/mol. The second kappa shape index (κ2) is 6.06. The smallest absolute Gasteiger partial charge is 0.251 e. The first-order valence-electron chi connectivity index (χ1n) is 6.06. The molecule has 5 heteroatoms. The molecule has 1 amide bonds. The van der Waals surface area contributed by atoms with Gasteiger partial charge in [-0.05, 0) is 35.9 Å². The Morgan fingerprint density at radius 1 is 1.25 bits per heavy atom. The number of hydrogen-bond acceptors (Lipinski definition) is 3. The summed E-state index contributed by atoms with van der Waals surface area (Å²) in [6.07, 6.45) is 0. The van der Waals surface area contributed by atoms with Crippen LogP contribution in [0.4, 0.5) is 10.1 Å². The summed E-state index contributed by atoms with van der Waals surface area (Å²) in [6.45, 7) is 0.549. The average Bonchev–Trinajstić information content (AvgIpc) is 2.46. The van der Waals surface area contributed by atoms with E-state index in [0.29, 0.717) is 12.2 Å². The Morgan fingerprint density at radius 3 is 2.55 bits per heavy atom. The highest BCUT2D eigenvalue weighted by atomic mass is 19.1. The first-order chi connectivity index (χ1) is 9.60. The standard InChI is InChI=1S/C15H15FN2O2/c1-20-12-5-2-10(3-6-12)9-18-11-4-7-14(16)13(8-11)15(17)19/h2-8,18H,9H2,1H3,(H2,17,19). The number of primary amides is 1. The number of carbonyl (C=O) groups is 1. The maximum Gasteiger partial charge on any atom is 0.251 e. The third-order valence-corrected chi connectivity index (χ3v) is 2.89. The Kier molecular flexibility index (Phi) is 4.20. The Bertz CT molecular complexity index is 612. The highest BCUT2D eigenvalue weighted by Crippen LogP contribution is 2.16. The molecule has 0 spiro atoms. The summed E-state index contributed by atoms with van der Waals surface area (Å²) in [4.78, 5) is 11.1. The van der Waals surface area contributed by atoms with E-state index in [1.54, 1.807) is 13.2 Å². The summed E-state index contributed by atoms with van der Waals surface area (Å²) >= 11 is 0. The molecule has 0 aliphatic heterocycles. The lowest BCUT2D eigenvalue weighted by Crippen LogP contribution is -2.13. The molecule has 2 aromatic carbocycles. The zero-order valence-electron chi connectivity index (χ0n) is 11.0. The molecular weight excluding hydrogens is 259 g/mol. The van der Waals surface area contributed by atoms with E-state index in [0.717, 1.165) is 11.3 Å². The Morgan fingerprint density at radius 2 is 1.95 bits per heavy atom. The molecule has 0 bridgehead atoms. The Balaban J connectivity index is 2.06.